The summed E-state index contributed by atoms with van der Waals surface area (Å²) in [6, 6.07) is -2.54. The zero-order valence-corrected chi connectivity index (χ0v) is 12.3. The van der Waals surface area contributed by atoms with Gasteiger partial charge in [-0.3, -0.25) is 14.4 Å². The molecule has 0 unspecified atom stereocenters. The van der Waals surface area contributed by atoms with Crippen LogP contribution in [0.5, 0.6) is 0 Å². The van der Waals surface area contributed by atoms with Gasteiger partial charge in [0.15, 0.2) is 0 Å². The molecule has 1 heterocycles. The van der Waals surface area contributed by atoms with Crippen LogP contribution in [0.25, 0.3) is 0 Å². The van der Waals surface area contributed by atoms with Crippen molar-refractivity contribution in [2.75, 3.05) is 6.54 Å². The van der Waals surface area contributed by atoms with Crippen molar-refractivity contribution in [1.29, 1.82) is 0 Å². The standard InChI is InChI=1S/C13H21N3O6/c1-7(15-12(20)8-3-2-6-14-8)11(19)16-9(13(21)22)4-5-10(17)18/h7-9,14H,2-6H2,1H3,(H,15,20)(H,16,19)(H,17,18)(H,21,22)/t7-,8-,9-/m0/s1. The highest BCUT2D eigenvalue weighted by atomic mass is 16.4. The Bertz CT molecular complexity index is 447. The number of rotatable bonds is 8. The third kappa shape index (κ3) is 5.68. The zero-order chi connectivity index (χ0) is 16.7. The molecule has 124 valence electrons. The first kappa shape index (κ1) is 17.9. The summed E-state index contributed by atoms with van der Waals surface area (Å²) < 4.78 is 0. The summed E-state index contributed by atoms with van der Waals surface area (Å²) in [5.74, 6) is -3.43. The SMILES string of the molecule is C[C@H](NC(=O)[C@@H]1CCCN1)C(=O)N[C@@H](CCC(=O)O)C(=O)O. The van der Waals surface area contributed by atoms with Crippen molar-refractivity contribution in [2.24, 2.45) is 0 Å². The molecule has 2 amide bonds. The fraction of sp³-hybridized carbons (Fsp3) is 0.692. The highest BCUT2D eigenvalue weighted by Crippen LogP contribution is 2.05. The van der Waals surface area contributed by atoms with Gasteiger partial charge in [-0.25, -0.2) is 4.79 Å². The summed E-state index contributed by atoms with van der Waals surface area (Å²) in [5.41, 5.74) is 0. The molecule has 1 aliphatic heterocycles. The lowest BCUT2D eigenvalue weighted by Gasteiger charge is -2.19. The Labute approximate surface area is 127 Å². The first-order valence-electron chi connectivity index (χ1n) is 7.10. The molecular weight excluding hydrogens is 294 g/mol. The largest absolute Gasteiger partial charge is 0.481 e. The van der Waals surface area contributed by atoms with Crippen LogP contribution in [0.4, 0.5) is 0 Å². The summed E-state index contributed by atoms with van der Waals surface area (Å²) >= 11 is 0. The second kappa shape index (κ2) is 8.32. The number of nitrogens with one attached hydrogen (secondary N) is 3. The molecule has 22 heavy (non-hydrogen) atoms. The van der Waals surface area contributed by atoms with E-state index in [1.807, 2.05) is 0 Å². The van der Waals surface area contributed by atoms with Gasteiger partial charge in [-0.1, -0.05) is 0 Å². The molecule has 1 rings (SSSR count). The molecule has 9 nitrogen and oxygen atoms in total. The van der Waals surface area contributed by atoms with Crippen molar-refractivity contribution in [3.8, 4) is 0 Å². The molecule has 1 aliphatic rings. The van der Waals surface area contributed by atoms with Crippen molar-refractivity contribution in [1.82, 2.24) is 16.0 Å². The number of carbonyl (C=O) groups is 4. The molecule has 0 aromatic heterocycles. The molecular formula is C13H21N3O6. The topological polar surface area (TPSA) is 145 Å². The average molecular weight is 315 g/mol. The minimum absolute atomic E-state index is 0.221. The molecule has 0 aromatic carbocycles. The van der Waals surface area contributed by atoms with Gasteiger partial charge >= 0.3 is 11.9 Å². The van der Waals surface area contributed by atoms with E-state index in [2.05, 4.69) is 16.0 Å². The van der Waals surface area contributed by atoms with E-state index in [9.17, 15) is 19.2 Å². The van der Waals surface area contributed by atoms with Crippen LogP contribution in [0.1, 0.15) is 32.6 Å². The molecule has 0 radical (unpaired) electrons. The van der Waals surface area contributed by atoms with E-state index in [1.54, 1.807) is 0 Å². The first-order chi connectivity index (χ1) is 10.3. The Hall–Kier alpha value is -2.16. The fourth-order valence-corrected chi connectivity index (χ4v) is 2.11. The fourth-order valence-electron chi connectivity index (χ4n) is 2.11. The van der Waals surface area contributed by atoms with Gasteiger partial charge in [-0.05, 0) is 32.7 Å². The van der Waals surface area contributed by atoms with Gasteiger partial charge < -0.3 is 26.2 Å². The molecule has 3 atom stereocenters. The summed E-state index contributed by atoms with van der Waals surface area (Å²) in [6.07, 6.45) is 0.983. The van der Waals surface area contributed by atoms with Crippen molar-refractivity contribution in [3.05, 3.63) is 0 Å². The molecule has 0 bridgehead atoms. The smallest absolute Gasteiger partial charge is 0.326 e. The molecule has 1 fully saturated rings. The van der Waals surface area contributed by atoms with E-state index in [-0.39, 0.29) is 24.8 Å². The Morgan fingerprint density at radius 1 is 1.23 bits per heavy atom. The number of carbonyl (C=O) groups excluding carboxylic acids is 2. The minimum atomic E-state index is -1.31. The Kier molecular flexibility index (Phi) is 6.77. The van der Waals surface area contributed by atoms with Crippen molar-refractivity contribution < 1.29 is 29.4 Å². The van der Waals surface area contributed by atoms with Crippen LogP contribution in [0.2, 0.25) is 0 Å². The number of carboxylic acid groups (broad SMARTS) is 2. The Morgan fingerprint density at radius 2 is 1.91 bits per heavy atom. The average Bonchev–Trinajstić information content (AvgIpc) is 2.96. The van der Waals surface area contributed by atoms with Crippen LogP contribution in [-0.4, -0.2) is 58.6 Å². The Morgan fingerprint density at radius 3 is 2.41 bits per heavy atom. The molecule has 0 aliphatic carbocycles. The van der Waals surface area contributed by atoms with Crippen LogP contribution in [0, 0.1) is 0 Å². The normalized spacial score (nSPS) is 20.0. The molecule has 1 saturated heterocycles. The van der Waals surface area contributed by atoms with Gasteiger partial charge in [0.25, 0.3) is 0 Å². The maximum Gasteiger partial charge on any atom is 0.326 e. The number of carboxylic acids is 2. The summed E-state index contributed by atoms with van der Waals surface area (Å²) in [4.78, 5) is 45.2. The lowest BCUT2D eigenvalue weighted by Crippen LogP contribution is -2.53. The van der Waals surface area contributed by atoms with E-state index in [4.69, 9.17) is 10.2 Å². The second-order valence-electron chi connectivity index (χ2n) is 5.21. The number of hydrogen-bond acceptors (Lipinski definition) is 5. The summed E-state index contributed by atoms with van der Waals surface area (Å²) in [6.45, 7) is 2.19. The molecule has 0 saturated carbocycles. The van der Waals surface area contributed by atoms with Crippen LogP contribution in [0.15, 0.2) is 0 Å². The van der Waals surface area contributed by atoms with Crippen molar-refractivity contribution in [3.63, 3.8) is 0 Å². The zero-order valence-electron chi connectivity index (χ0n) is 12.3. The van der Waals surface area contributed by atoms with E-state index < -0.39 is 29.9 Å². The van der Waals surface area contributed by atoms with Crippen molar-refractivity contribution in [2.45, 2.75) is 50.7 Å². The summed E-state index contributed by atoms with van der Waals surface area (Å²) in [7, 11) is 0. The van der Waals surface area contributed by atoms with Gasteiger partial charge in [0.05, 0.1) is 6.04 Å². The second-order valence-corrected chi connectivity index (χ2v) is 5.21. The molecule has 5 N–H and O–H groups in total. The van der Waals surface area contributed by atoms with E-state index in [1.165, 1.54) is 6.92 Å². The van der Waals surface area contributed by atoms with Crippen LogP contribution in [-0.2, 0) is 19.2 Å². The van der Waals surface area contributed by atoms with Gasteiger partial charge in [-0.2, -0.15) is 0 Å². The van der Waals surface area contributed by atoms with Crippen LogP contribution in [0.3, 0.4) is 0 Å². The predicted octanol–water partition coefficient (Wildman–Crippen LogP) is -1.32. The van der Waals surface area contributed by atoms with Crippen molar-refractivity contribution >= 4 is 23.8 Å². The van der Waals surface area contributed by atoms with Gasteiger partial charge in [0.2, 0.25) is 11.8 Å². The Balaban J connectivity index is 2.47. The van der Waals surface area contributed by atoms with Gasteiger partial charge in [0.1, 0.15) is 12.1 Å². The lowest BCUT2D eigenvalue weighted by atomic mass is 10.1. The summed E-state index contributed by atoms with van der Waals surface area (Å²) in [5, 5.41) is 25.3. The maximum atomic E-state index is 11.9. The molecule has 9 heteroatoms. The quantitative estimate of drug-likeness (QED) is 0.373. The maximum absolute atomic E-state index is 11.9. The minimum Gasteiger partial charge on any atom is -0.481 e. The highest BCUT2D eigenvalue weighted by molar-refractivity contribution is 5.91. The number of aliphatic carboxylic acids is 2. The third-order valence-electron chi connectivity index (χ3n) is 3.39. The molecule has 0 spiro atoms. The highest BCUT2D eigenvalue weighted by Gasteiger charge is 2.27. The van der Waals surface area contributed by atoms with Crippen LogP contribution >= 0.6 is 0 Å². The van der Waals surface area contributed by atoms with E-state index >= 15 is 0 Å². The van der Waals surface area contributed by atoms with Gasteiger partial charge in [-0.15, -0.1) is 0 Å². The van der Waals surface area contributed by atoms with Gasteiger partial charge in [0, 0.05) is 6.42 Å². The lowest BCUT2D eigenvalue weighted by molar-refractivity contribution is -0.143. The first-order valence-corrected chi connectivity index (χ1v) is 7.10. The van der Waals surface area contributed by atoms with E-state index in [0.29, 0.717) is 6.42 Å². The van der Waals surface area contributed by atoms with Crippen LogP contribution < -0.4 is 16.0 Å². The third-order valence-corrected chi connectivity index (χ3v) is 3.39. The molecule has 0 aromatic rings. The van der Waals surface area contributed by atoms with E-state index in [0.717, 1.165) is 13.0 Å². The monoisotopic (exact) mass is 315 g/mol. The number of hydrogen-bond donors (Lipinski definition) is 5. The predicted molar refractivity (Wildman–Crippen MR) is 75.1 cm³/mol. The number of amides is 2.